The first-order valence-electron chi connectivity index (χ1n) is 9.67. The number of anilines is 1. The molecule has 2 bridgehead atoms. The van der Waals surface area contributed by atoms with E-state index < -0.39 is 0 Å². The van der Waals surface area contributed by atoms with Gasteiger partial charge in [0.05, 0.1) is 17.9 Å². The summed E-state index contributed by atoms with van der Waals surface area (Å²) in [5.41, 5.74) is 1.04. The van der Waals surface area contributed by atoms with Gasteiger partial charge in [0.15, 0.2) is 5.13 Å². The maximum atomic E-state index is 12.4. The number of nitrogens with one attached hydrogen (secondary N) is 1. The molecule has 6 heteroatoms. The van der Waals surface area contributed by atoms with E-state index in [2.05, 4.69) is 34.4 Å². The van der Waals surface area contributed by atoms with Crippen molar-refractivity contribution in [1.29, 1.82) is 0 Å². The summed E-state index contributed by atoms with van der Waals surface area (Å²) in [6.45, 7) is 6.94. The number of hydrogen-bond acceptors (Lipinski definition) is 5. The maximum Gasteiger partial charge on any atom is 0.226 e. The molecule has 5 atom stereocenters. The van der Waals surface area contributed by atoms with Gasteiger partial charge >= 0.3 is 0 Å². The van der Waals surface area contributed by atoms with Crippen molar-refractivity contribution in [1.82, 2.24) is 9.88 Å². The highest BCUT2D eigenvalue weighted by Crippen LogP contribution is 2.49. The summed E-state index contributed by atoms with van der Waals surface area (Å²) in [5.74, 6) is 2.45. The molecule has 1 aromatic rings. The van der Waals surface area contributed by atoms with Gasteiger partial charge in [0.25, 0.3) is 0 Å². The maximum absolute atomic E-state index is 12.4. The van der Waals surface area contributed by atoms with Gasteiger partial charge < -0.3 is 10.1 Å². The van der Waals surface area contributed by atoms with Crippen molar-refractivity contribution in [2.24, 2.45) is 17.8 Å². The average Bonchev–Trinajstić information content (AvgIpc) is 3.23. The monoisotopic (exact) mass is 363 g/mol. The van der Waals surface area contributed by atoms with Gasteiger partial charge in [-0.25, -0.2) is 4.98 Å². The fourth-order valence-electron chi connectivity index (χ4n) is 5.11. The zero-order valence-electron chi connectivity index (χ0n) is 15.2. The molecule has 0 radical (unpaired) electrons. The zero-order chi connectivity index (χ0) is 17.4. The second kappa shape index (κ2) is 7.33. The van der Waals surface area contributed by atoms with Crippen molar-refractivity contribution in [3.8, 4) is 0 Å². The molecule has 1 N–H and O–H groups in total. The van der Waals surface area contributed by atoms with Gasteiger partial charge in [0, 0.05) is 31.4 Å². The number of thiazole rings is 1. The molecule has 2 saturated carbocycles. The summed E-state index contributed by atoms with van der Waals surface area (Å²) >= 11 is 1.54. The molecule has 2 aliphatic carbocycles. The molecule has 3 fully saturated rings. The van der Waals surface area contributed by atoms with Crippen LogP contribution in [0, 0.1) is 17.8 Å². The van der Waals surface area contributed by atoms with E-state index >= 15 is 0 Å². The van der Waals surface area contributed by atoms with E-state index in [0.29, 0.717) is 12.3 Å². The SMILES string of the molecule is CC1CN(Cc2csc(NC(=O)CC3CC4CCC3C4)n2)CC(C)O1. The lowest BCUT2D eigenvalue weighted by atomic mass is 9.86. The Morgan fingerprint density at radius 3 is 2.80 bits per heavy atom. The van der Waals surface area contributed by atoms with E-state index in [1.165, 1.54) is 25.7 Å². The highest BCUT2D eigenvalue weighted by Gasteiger charge is 2.40. The topological polar surface area (TPSA) is 54.5 Å². The fourth-order valence-corrected chi connectivity index (χ4v) is 5.83. The molecule has 2 heterocycles. The molecule has 5 unspecified atom stereocenters. The van der Waals surface area contributed by atoms with Gasteiger partial charge in [-0.1, -0.05) is 6.42 Å². The van der Waals surface area contributed by atoms with Crippen LogP contribution in [0.3, 0.4) is 0 Å². The molecule has 0 spiro atoms. The Morgan fingerprint density at radius 1 is 1.32 bits per heavy atom. The number of hydrogen-bond donors (Lipinski definition) is 1. The average molecular weight is 364 g/mol. The summed E-state index contributed by atoms with van der Waals surface area (Å²) in [4.78, 5) is 19.4. The van der Waals surface area contributed by atoms with Gasteiger partial charge in [-0.3, -0.25) is 9.69 Å². The van der Waals surface area contributed by atoms with Crippen LogP contribution in [-0.2, 0) is 16.1 Å². The molecular weight excluding hydrogens is 334 g/mol. The standard InChI is InChI=1S/C19H29N3O2S/c1-12-8-22(9-13(2)24-12)10-17-11-25-19(20-17)21-18(23)7-16-6-14-3-4-15(16)5-14/h11-16H,3-10H2,1-2H3,(H,20,21,23). The predicted octanol–water partition coefficient (Wildman–Crippen LogP) is 3.52. The van der Waals surface area contributed by atoms with Gasteiger partial charge in [0.1, 0.15) is 0 Å². The summed E-state index contributed by atoms with van der Waals surface area (Å²) in [5, 5.41) is 5.84. The van der Waals surface area contributed by atoms with Crippen LogP contribution in [0.2, 0.25) is 0 Å². The Hall–Kier alpha value is -0.980. The summed E-state index contributed by atoms with van der Waals surface area (Å²) in [7, 11) is 0. The lowest BCUT2D eigenvalue weighted by Gasteiger charge is -2.34. The molecule has 1 saturated heterocycles. The number of fused-ring (bicyclic) bond motifs is 2. The predicted molar refractivity (Wildman–Crippen MR) is 99.6 cm³/mol. The molecule has 138 valence electrons. The molecule has 3 aliphatic rings. The van der Waals surface area contributed by atoms with Crippen molar-refractivity contribution < 1.29 is 9.53 Å². The molecule has 5 nitrogen and oxygen atoms in total. The third-order valence-electron chi connectivity index (χ3n) is 6.01. The third kappa shape index (κ3) is 4.23. The van der Waals surface area contributed by atoms with Crippen LogP contribution in [0.4, 0.5) is 5.13 Å². The number of carbonyl (C=O) groups excluding carboxylic acids is 1. The minimum Gasteiger partial charge on any atom is -0.373 e. The second-order valence-electron chi connectivity index (χ2n) is 8.28. The van der Waals surface area contributed by atoms with E-state index in [-0.39, 0.29) is 18.1 Å². The molecule has 25 heavy (non-hydrogen) atoms. The lowest BCUT2D eigenvalue weighted by molar-refractivity contribution is -0.117. The van der Waals surface area contributed by atoms with E-state index in [0.717, 1.165) is 42.3 Å². The number of carbonyl (C=O) groups is 1. The van der Waals surface area contributed by atoms with E-state index in [9.17, 15) is 4.79 Å². The quantitative estimate of drug-likeness (QED) is 0.870. The minimum atomic E-state index is 0.145. The van der Waals surface area contributed by atoms with Crippen molar-refractivity contribution in [3.05, 3.63) is 11.1 Å². The summed E-state index contributed by atoms with van der Waals surface area (Å²) < 4.78 is 5.78. The Labute approximate surface area is 154 Å². The van der Waals surface area contributed by atoms with Crippen LogP contribution in [-0.4, -0.2) is 41.1 Å². The van der Waals surface area contributed by atoms with Crippen LogP contribution in [0.5, 0.6) is 0 Å². The second-order valence-corrected chi connectivity index (χ2v) is 9.14. The Bertz CT molecular complexity index is 610. The Kier molecular flexibility index (Phi) is 5.11. The highest BCUT2D eigenvalue weighted by atomic mass is 32.1. The summed E-state index contributed by atoms with van der Waals surface area (Å²) in [6, 6.07) is 0. The smallest absolute Gasteiger partial charge is 0.226 e. The van der Waals surface area contributed by atoms with E-state index in [1.807, 2.05) is 0 Å². The van der Waals surface area contributed by atoms with E-state index in [4.69, 9.17) is 4.74 Å². The van der Waals surface area contributed by atoms with Crippen LogP contribution in [0.15, 0.2) is 5.38 Å². The van der Waals surface area contributed by atoms with Crippen LogP contribution in [0.1, 0.15) is 51.6 Å². The van der Waals surface area contributed by atoms with Gasteiger partial charge in [-0.2, -0.15) is 0 Å². The number of aromatic nitrogens is 1. The number of amides is 1. The molecule has 1 aromatic heterocycles. The van der Waals surface area contributed by atoms with Crippen molar-refractivity contribution in [2.45, 2.75) is 64.7 Å². The van der Waals surface area contributed by atoms with E-state index in [1.54, 1.807) is 11.3 Å². The number of nitrogens with zero attached hydrogens (tertiary/aromatic N) is 2. The molecule has 1 aliphatic heterocycles. The van der Waals surface area contributed by atoms with Crippen molar-refractivity contribution in [2.75, 3.05) is 18.4 Å². The van der Waals surface area contributed by atoms with Gasteiger partial charge in [-0.05, 0) is 50.9 Å². The van der Waals surface area contributed by atoms with Crippen LogP contribution < -0.4 is 5.32 Å². The molecule has 0 aromatic carbocycles. The number of rotatable bonds is 5. The summed E-state index contributed by atoms with van der Waals surface area (Å²) in [6.07, 6.45) is 6.54. The Morgan fingerprint density at radius 2 is 2.12 bits per heavy atom. The van der Waals surface area contributed by atoms with Crippen LogP contribution >= 0.6 is 11.3 Å². The van der Waals surface area contributed by atoms with Gasteiger partial charge in [0.2, 0.25) is 5.91 Å². The molecule has 4 rings (SSSR count). The minimum absolute atomic E-state index is 0.145. The first-order chi connectivity index (χ1) is 12.0. The Balaban J connectivity index is 1.27. The normalized spacial score (nSPS) is 35.2. The fraction of sp³-hybridized carbons (Fsp3) is 0.789. The first-order valence-corrected chi connectivity index (χ1v) is 10.5. The van der Waals surface area contributed by atoms with Crippen molar-refractivity contribution in [3.63, 3.8) is 0 Å². The van der Waals surface area contributed by atoms with Gasteiger partial charge in [-0.15, -0.1) is 11.3 Å². The zero-order valence-corrected chi connectivity index (χ0v) is 16.1. The lowest BCUT2D eigenvalue weighted by Crippen LogP contribution is -2.44. The first kappa shape index (κ1) is 17.4. The largest absolute Gasteiger partial charge is 0.373 e. The highest BCUT2D eigenvalue weighted by molar-refractivity contribution is 7.13. The molecule has 1 amide bonds. The third-order valence-corrected chi connectivity index (χ3v) is 6.82. The van der Waals surface area contributed by atoms with Crippen LogP contribution in [0.25, 0.3) is 0 Å². The number of morpholine rings is 1. The van der Waals surface area contributed by atoms with Crippen molar-refractivity contribution >= 4 is 22.4 Å². The molecular formula is C19H29N3O2S. The number of ether oxygens (including phenoxy) is 1.